The van der Waals surface area contributed by atoms with Crippen molar-refractivity contribution in [2.45, 2.75) is 18.9 Å². The Morgan fingerprint density at radius 2 is 2.14 bits per heavy atom. The molecule has 1 aliphatic rings. The minimum atomic E-state index is -0.506. The van der Waals surface area contributed by atoms with Gasteiger partial charge in [-0.2, -0.15) is 0 Å². The van der Waals surface area contributed by atoms with Gasteiger partial charge in [-0.05, 0) is 12.8 Å². The molecule has 6 heteroatoms. The average Bonchev–Trinajstić information content (AvgIpc) is 2.51. The molecule has 0 aromatic heterocycles. The van der Waals surface area contributed by atoms with E-state index in [0.717, 1.165) is 12.8 Å². The van der Waals surface area contributed by atoms with Crippen LogP contribution >= 0.6 is 0 Å². The van der Waals surface area contributed by atoms with Gasteiger partial charge in [-0.25, -0.2) is 4.79 Å². The van der Waals surface area contributed by atoms with E-state index in [0.29, 0.717) is 13.2 Å². The maximum absolute atomic E-state index is 10.9. The van der Waals surface area contributed by atoms with Crippen LogP contribution in [0.5, 0.6) is 0 Å². The van der Waals surface area contributed by atoms with Crippen molar-refractivity contribution in [1.82, 2.24) is 4.90 Å². The number of hydrogen-bond donors (Lipinski definition) is 2. The summed E-state index contributed by atoms with van der Waals surface area (Å²) in [6.45, 7) is 0.884. The van der Waals surface area contributed by atoms with E-state index in [9.17, 15) is 9.59 Å². The van der Waals surface area contributed by atoms with E-state index in [1.165, 1.54) is 0 Å². The van der Waals surface area contributed by atoms with Gasteiger partial charge in [-0.15, -0.1) is 0 Å². The van der Waals surface area contributed by atoms with Crippen LogP contribution < -0.4 is 11.5 Å². The first-order chi connectivity index (χ1) is 6.61. The predicted molar refractivity (Wildman–Crippen MR) is 49.3 cm³/mol. The van der Waals surface area contributed by atoms with E-state index in [2.05, 4.69) is 0 Å². The van der Waals surface area contributed by atoms with Crippen molar-refractivity contribution >= 4 is 11.9 Å². The molecule has 0 aromatic rings. The van der Waals surface area contributed by atoms with Gasteiger partial charge < -0.3 is 21.1 Å². The molecule has 1 rings (SSSR count). The molecule has 1 atom stereocenters. The lowest BCUT2D eigenvalue weighted by molar-refractivity contribution is -0.122. The summed E-state index contributed by atoms with van der Waals surface area (Å²) in [5.41, 5.74) is 10.1. The summed E-state index contributed by atoms with van der Waals surface area (Å²) < 4.78 is 5.04. The molecule has 0 spiro atoms. The second kappa shape index (κ2) is 4.80. The maximum atomic E-state index is 10.9. The number of nitrogens with two attached hydrogens (primary N) is 2. The molecule has 0 bridgehead atoms. The lowest BCUT2D eigenvalue weighted by Gasteiger charge is -2.21. The number of carbonyl (C=O) groups excluding carboxylic acids is 2. The van der Waals surface area contributed by atoms with Crippen LogP contribution in [0.3, 0.4) is 0 Å². The molecule has 1 fully saturated rings. The molecule has 3 amide bonds. The van der Waals surface area contributed by atoms with Crippen molar-refractivity contribution in [2.75, 3.05) is 19.8 Å². The number of urea groups is 1. The molecule has 0 radical (unpaired) electrons. The third kappa shape index (κ3) is 2.88. The molecular formula is C8H15N3O3. The van der Waals surface area contributed by atoms with Gasteiger partial charge in [0.2, 0.25) is 5.91 Å². The fraction of sp³-hybridized carbons (Fsp3) is 0.750. The molecule has 0 saturated carbocycles. The van der Waals surface area contributed by atoms with Crippen molar-refractivity contribution in [2.24, 2.45) is 11.5 Å². The van der Waals surface area contributed by atoms with Crippen LogP contribution in [0, 0.1) is 0 Å². The van der Waals surface area contributed by atoms with E-state index >= 15 is 0 Å². The van der Waals surface area contributed by atoms with Crippen LogP contribution in [0.15, 0.2) is 0 Å². The van der Waals surface area contributed by atoms with Crippen molar-refractivity contribution in [3.05, 3.63) is 0 Å². The number of rotatable bonds is 4. The molecule has 1 unspecified atom stereocenters. The van der Waals surface area contributed by atoms with Gasteiger partial charge in [-0.1, -0.05) is 0 Å². The molecule has 80 valence electrons. The predicted octanol–water partition coefficient (Wildman–Crippen LogP) is -0.969. The van der Waals surface area contributed by atoms with Crippen LogP contribution in [0.4, 0.5) is 4.79 Å². The first kappa shape index (κ1) is 10.8. The van der Waals surface area contributed by atoms with E-state index < -0.39 is 11.9 Å². The summed E-state index contributed by atoms with van der Waals surface area (Å²) in [6.07, 6.45) is 1.79. The highest BCUT2D eigenvalue weighted by molar-refractivity contribution is 5.75. The zero-order valence-corrected chi connectivity index (χ0v) is 7.94. The molecule has 4 N–H and O–H groups in total. The smallest absolute Gasteiger partial charge is 0.315 e. The molecule has 0 aromatic carbocycles. The SMILES string of the molecule is NC(=O)COCC1CCCN1C(N)=O. The minimum absolute atomic E-state index is 0.00755. The molecule has 14 heavy (non-hydrogen) atoms. The number of likely N-dealkylation sites (tertiary alicyclic amines) is 1. The van der Waals surface area contributed by atoms with Gasteiger partial charge in [-0.3, -0.25) is 4.79 Å². The fourth-order valence-corrected chi connectivity index (χ4v) is 1.59. The van der Waals surface area contributed by atoms with E-state index in [1.807, 2.05) is 0 Å². The van der Waals surface area contributed by atoms with Crippen molar-refractivity contribution < 1.29 is 14.3 Å². The second-order valence-electron chi connectivity index (χ2n) is 3.31. The zero-order chi connectivity index (χ0) is 10.6. The molecule has 6 nitrogen and oxygen atoms in total. The molecular weight excluding hydrogens is 186 g/mol. The Morgan fingerprint density at radius 3 is 2.71 bits per heavy atom. The Kier molecular flexibility index (Phi) is 3.70. The van der Waals surface area contributed by atoms with Crippen LogP contribution in [-0.4, -0.2) is 42.6 Å². The molecule has 1 saturated heterocycles. The monoisotopic (exact) mass is 201 g/mol. The summed E-state index contributed by atoms with van der Waals surface area (Å²) in [4.78, 5) is 22.8. The summed E-state index contributed by atoms with van der Waals surface area (Å²) in [7, 11) is 0. The first-order valence-electron chi connectivity index (χ1n) is 4.53. The molecule has 1 aliphatic heterocycles. The van der Waals surface area contributed by atoms with E-state index in [4.69, 9.17) is 16.2 Å². The number of amides is 3. The largest absolute Gasteiger partial charge is 0.370 e. The topological polar surface area (TPSA) is 98.7 Å². The number of carbonyl (C=O) groups is 2. The van der Waals surface area contributed by atoms with E-state index in [-0.39, 0.29) is 12.6 Å². The van der Waals surface area contributed by atoms with Crippen molar-refractivity contribution in [3.8, 4) is 0 Å². The highest BCUT2D eigenvalue weighted by Crippen LogP contribution is 2.16. The summed E-state index contributed by atoms with van der Waals surface area (Å²) in [6, 6.07) is -0.443. The highest BCUT2D eigenvalue weighted by atomic mass is 16.5. The zero-order valence-electron chi connectivity index (χ0n) is 7.94. The fourth-order valence-electron chi connectivity index (χ4n) is 1.59. The average molecular weight is 201 g/mol. The lowest BCUT2D eigenvalue weighted by Crippen LogP contribution is -2.42. The maximum Gasteiger partial charge on any atom is 0.315 e. The Balaban J connectivity index is 2.29. The normalized spacial score (nSPS) is 21.1. The summed E-state index contributed by atoms with van der Waals surface area (Å²) in [5.74, 6) is -0.506. The quantitative estimate of drug-likeness (QED) is 0.612. The minimum Gasteiger partial charge on any atom is -0.370 e. The van der Waals surface area contributed by atoms with Crippen LogP contribution in [0.2, 0.25) is 0 Å². The van der Waals surface area contributed by atoms with Gasteiger partial charge in [0.15, 0.2) is 0 Å². The number of nitrogens with zero attached hydrogens (tertiary/aromatic N) is 1. The standard InChI is InChI=1S/C8H15N3O3/c9-7(12)5-14-4-6-2-1-3-11(6)8(10)13/h6H,1-5H2,(H2,9,12)(H2,10,13). The first-order valence-corrected chi connectivity index (χ1v) is 4.53. The second-order valence-corrected chi connectivity index (χ2v) is 3.31. The van der Waals surface area contributed by atoms with Gasteiger partial charge in [0, 0.05) is 6.54 Å². The molecule has 0 aliphatic carbocycles. The van der Waals surface area contributed by atoms with E-state index in [1.54, 1.807) is 4.90 Å². The number of ether oxygens (including phenoxy) is 1. The Labute approximate surface area is 82.2 Å². The van der Waals surface area contributed by atoms with Crippen LogP contribution in [0.1, 0.15) is 12.8 Å². The number of hydrogen-bond acceptors (Lipinski definition) is 3. The third-order valence-corrected chi connectivity index (χ3v) is 2.21. The van der Waals surface area contributed by atoms with Gasteiger partial charge in [0.05, 0.1) is 12.6 Å². The summed E-state index contributed by atoms with van der Waals surface area (Å²) in [5, 5.41) is 0. The van der Waals surface area contributed by atoms with Crippen molar-refractivity contribution in [3.63, 3.8) is 0 Å². The highest BCUT2D eigenvalue weighted by Gasteiger charge is 2.27. The molecule has 1 heterocycles. The Hall–Kier alpha value is -1.30. The van der Waals surface area contributed by atoms with Gasteiger partial charge in [0.1, 0.15) is 6.61 Å². The number of primary amides is 2. The Bertz CT molecular complexity index is 232. The van der Waals surface area contributed by atoms with Crippen molar-refractivity contribution in [1.29, 1.82) is 0 Å². The van der Waals surface area contributed by atoms with Gasteiger partial charge in [0.25, 0.3) is 0 Å². The third-order valence-electron chi connectivity index (χ3n) is 2.21. The lowest BCUT2D eigenvalue weighted by atomic mass is 10.2. The van der Waals surface area contributed by atoms with Gasteiger partial charge >= 0.3 is 6.03 Å². The Morgan fingerprint density at radius 1 is 1.43 bits per heavy atom. The summed E-state index contributed by atoms with van der Waals surface area (Å²) >= 11 is 0. The van der Waals surface area contributed by atoms with Crippen LogP contribution in [0.25, 0.3) is 0 Å². The van der Waals surface area contributed by atoms with Crippen LogP contribution in [-0.2, 0) is 9.53 Å².